The number of ether oxygens (including phenoxy) is 1. The average molecular weight is 383 g/mol. The third-order valence-corrected chi connectivity index (χ3v) is 9.86. The van der Waals surface area contributed by atoms with Crippen LogP contribution in [0.15, 0.2) is 0 Å². The Hall–Kier alpha value is -1.06. The Morgan fingerprint density at radius 1 is 1.15 bits per heavy atom. The molecule has 0 spiro atoms. The highest BCUT2D eigenvalue weighted by Crippen LogP contribution is 2.40. The van der Waals surface area contributed by atoms with Crippen molar-refractivity contribution in [3.63, 3.8) is 0 Å². The first-order valence-electron chi connectivity index (χ1n) is 9.56. The minimum atomic E-state index is -1.92. The van der Waals surface area contributed by atoms with E-state index in [9.17, 15) is 10.1 Å². The van der Waals surface area contributed by atoms with Crippen molar-refractivity contribution in [3.8, 4) is 6.07 Å². The molecule has 1 aliphatic heterocycles. The van der Waals surface area contributed by atoms with E-state index < -0.39 is 19.3 Å². The molecule has 0 bridgehead atoms. The summed E-state index contributed by atoms with van der Waals surface area (Å²) in [6, 6.07) is 2.32. The molecule has 1 heterocycles. The molecule has 0 aromatic heterocycles. The van der Waals surface area contributed by atoms with Gasteiger partial charge in [0.1, 0.15) is 5.60 Å². The van der Waals surface area contributed by atoms with Gasteiger partial charge in [0.15, 0.2) is 8.32 Å². The van der Waals surface area contributed by atoms with Gasteiger partial charge in [0.05, 0.1) is 17.6 Å². The van der Waals surface area contributed by atoms with Crippen LogP contribution in [0.3, 0.4) is 0 Å². The largest absolute Gasteiger partial charge is 0.444 e. The van der Waals surface area contributed by atoms with Gasteiger partial charge in [0.2, 0.25) is 0 Å². The summed E-state index contributed by atoms with van der Waals surface area (Å²) >= 11 is 0. The van der Waals surface area contributed by atoms with Crippen molar-refractivity contribution in [1.82, 2.24) is 4.90 Å². The molecule has 2 atom stereocenters. The number of nitrogens with zero attached hydrogens (tertiary/aromatic N) is 2. The van der Waals surface area contributed by atoms with E-state index >= 15 is 0 Å². The molecule has 0 saturated carbocycles. The molecule has 6 heteroatoms. The Morgan fingerprint density at radius 2 is 1.69 bits per heavy atom. The van der Waals surface area contributed by atoms with E-state index in [0.717, 1.165) is 6.42 Å². The van der Waals surface area contributed by atoms with Gasteiger partial charge in [0.25, 0.3) is 0 Å². The van der Waals surface area contributed by atoms with Crippen LogP contribution in [0.5, 0.6) is 0 Å². The maximum absolute atomic E-state index is 12.7. The topological polar surface area (TPSA) is 62.6 Å². The van der Waals surface area contributed by atoms with Gasteiger partial charge < -0.3 is 14.1 Å². The monoisotopic (exact) mass is 382 g/mol. The molecule has 150 valence electrons. The molecule has 0 aliphatic carbocycles. The fourth-order valence-corrected chi connectivity index (χ4v) is 4.28. The van der Waals surface area contributed by atoms with Gasteiger partial charge in [-0.05, 0) is 65.6 Å². The van der Waals surface area contributed by atoms with Crippen molar-refractivity contribution < 1.29 is 14.0 Å². The second-order valence-electron chi connectivity index (χ2n) is 10.7. The fraction of sp³-hybridized carbons (Fsp3) is 0.900. The van der Waals surface area contributed by atoms with Gasteiger partial charge in [-0.1, -0.05) is 20.8 Å². The van der Waals surface area contributed by atoms with Crippen LogP contribution in [-0.2, 0) is 9.16 Å². The third-order valence-electron chi connectivity index (χ3n) is 5.32. The molecular weight excluding hydrogens is 344 g/mol. The van der Waals surface area contributed by atoms with Gasteiger partial charge in [-0.15, -0.1) is 0 Å². The van der Waals surface area contributed by atoms with Crippen LogP contribution in [0, 0.1) is 16.7 Å². The SMILES string of the molecule is CC(C)(C#N)CC1CC(O[Si](C)(C)C(C)(C)C)CN1C(=O)OC(C)(C)C. The molecule has 1 aliphatic rings. The highest BCUT2D eigenvalue weighted by atomic mass is 28.4. The quantitative estimate of drug-likeness (QED) is 0.617. The lowest BCUT2D eigenvalue weighted by Crippen LogP contribution is -2.45. The number of carbonyl (C=O) groups is 1. The highest BCUT2D eigenvalue weighted by Gasteiger charge is 2.45. The van der Waals surface area contributed by atoms with Gasteiger partial charge >= 0.3 is 6.09 Å². The first-order chi connectivity index (χ1) is 11.5. The number of amides is 1. The maximum atomic E-state index is 12.7. The molecule has 2 unspecified atom stereocenters. The first kappa shape index (κ1) is 23.0. The highest BCUT2D eigenvalue weighted by molar-refractivity contribution is 6.74. The lowest BCUT2D eigenvalue weighted by Gasteiger charge is -2.38. The summed E-state index contributed by atoms with van der Waals surface area (Å²) in [5, 5.41) is 9.53. The Bertz CT molecular complexity index is 553. The van der Waals surface area contributed by atoms with Crippen LogP contribution < -0.4 is 0 Å². The smallest absolute Gasteiger partial charge is 0.410 e. The Labute approximate surface area is 161 Å². The van der Waals surface area contributed by atoms with Crippen LogP contribution in [-0.4, -0.2) is 43.6 Å². The molecule has 0 aromatic carbocycles. The average Bonchev–Trinajstić information content (AvgIpc) is 2.76. The fourth-order valence-electron chi connectivity index (χ4n) is 2.92. The molecule has 1 fully saturated rings. The zero-order valence-corrected chi connectivity index (χ0v) is 19.4. The lowest BCUT2D eigenvalue weighted by atomic mass is 9.86. The van der Waals surface area contributed by atoms with Gasteiger partial charge in [0, 0.05) is 12.6 Å². The molecule has 5 nitrogen and oxygen atoms in total. The number of nitriles is 1. The van der Waals surface area contributed by atoms with E-state index in [1.165, 1.54) is 0 Å². The minimum Gasteiger partial charge on any atom is -0.444 e. The number of carbonyl (C=O) groups excluding carboxylic acids is 1. The van der Waals surface area contributed by atoms with Crippen molar-refractivity contribution in [2.24, 2.45) is 5.41 Å². The van der Waals surface area contributed by atoms with Crippen LogP contribution in [0.4, 0.5) is 4.79 Å². The van der Waals surface area contributed by atoms with E-state index in [-0.39, 0.29) is 23.3 Å². The minimum absolute atomic E-state index is 0.00269. The van der Waals surface area contributed by atoms with Crippen LogP contribution in [0.1, 0.15) is 68.2 Å². The van der Waals surface area contributed by atoms with Crippen molar-refractivity contribution in [2.75, 3.05) is 6.54 Å². The second-order valence-corrected chi connectivity index (χ2v) is 15.5. The van der Waals surface area contributed by atoms with E-state index in [2.05, 4.69) is 39.9 Å². The van der Waals surface area contributed by atoms with E-state index in [1.54, 1.807) is 4.90 Å². The summed E-state index contributed by atoms with van der Waals surface area (Å²) in [4.78, 5) is 14.5. The summed E-state index contributed by atoms with van der Waals surface area (Å²) in [6.45, 7) is 21.1. The van der Waals surface area contributed by atoms with Crippen molar-refractivity contribution in [1.29, 1.82) is 5.26 Å². The van der Waals surface area contributed by atoms with Gasteiger partial charge in [-0.3, -0.25) is 0 Å². The predicted octanol–water partition coefficient (Wildman–Crippen LogP) is 5.33. The molecule has 0 N–H and O–H groups in total. The standard InChI is InChI=1S/C20H38N2O3Si/c1-18(2,3)24-17(23)22-13-16(25-26(9,10)19(4,5)6)11-15(22)12-20(7,8)14-21/h15-16H,11-13H2,1-10H3. The molecule has 1 amide bonds. The third kappa shape index (κ3) is 6.28. The van der Waals surface area contributed by atoms with E-state index in [0.29, 0.717) is 13.0 Å². The zero-order chi connectivity index (χ0) is 20.6. The van der Waals surface area contributed by atoms with Crippen molar-refractivity contribution >= 4 is 14.4 Å². The van der Waals surface area contributed by atoms with Crippen molar-refractivity contribution in [2.45, 2.75) is 104 Å². The Morgan fingerprint density at radius 3 is 2.12 bits per heavy atom. The first-order valence-corrected chi connectivity index (χ1v) is 12.5. The van der Waals surface area contributed by atoms with Crippen LogP contribution in [0.25, 0.3) is 0 Å². The lowest BCUT2D eigenvalue weighted by molar-refractivity contribution is 0.0189. The van der Waals surface area contributed by atoms with E-state index in [4.69, 9.17) is 9.16 Å². The molecular formula is C20H38N2O3Si. The Kier molecular flexibility index (Phi) is 6.64. The summed E-state index contributed by atoms with van der Waals surface area (Å²) in [5.74, 6) is 0. The molecule has 26 heavy (non-hydrogen) atoms. The zero-order valence-electron chi connectivity index (χ0n) is 18.4. The summed E-state index contributed by atoms with van der Waals surface area (Å²) in [6.07, 6.45) is 1.08. The van der Waals surface area contributed by atoms with Crippen LogP contribution >= 0.6 is 0 Å². The summed E-state index contributed by atoms with van der Waals surface area (Å²) in [7, 11) is -1.92. The Balaban J connectivity index is 2.98. The molecule has 0 aromatic rings. The van der Waals surface area contributed by atoms with Crippen LogP contribution in [0.2, 0.25) is 18.1 Å². The second kappa shape index (κ2) is 7.51. The summed E-state index contributed by atoms with van der Waals surface area (Å²) < 4.78 is 12.2. The summed E-state index contributed by atoms with van der Waals surface area (Å²) in [5.41, 5.74) is -1.03. The maximum Gasteiger partial charge on any atom is 0.410 e. The number of hydrogen-bond donors (Lipinski definition) is 0. The molecule has 1 rings (SSSR count). The number of hydrogen-bond acceptors (Lipinski definition) is 4. The molecule has 1 saturated heterocycles. The van der Waals surface area contributed by atoms with Crippen molar-refractivity contribution in [3.05, 3.63) is 0 Å². The normalized spacial score (nSPS) is 22.3. The molecule has 0 radical (unpaired) electrons. The van der Waals surface area contributed by atoms with Gasteiger partial charge in [-0.25, -0.2) is 4.79 Å². The van der Waals surface area contributed by atoms with E-state index in [1.807, 2.05) is 34.6 Å². The van der Waals surface area contributed by atoms with Gasteiger partial charge in [-0.2, -0.15) is 5.26 Å². The number of likely N-dealkylation sites (tertiary alicyclic amines) is 1. The predicted molar refractivity (Wildman–Crippen MR) is 107 cm³/mol. The number of rotatable bonds is 4.